The van der Waals surface area contributed by atoms with Crippen molar-refractivity contribution in [3.05, 3.63) is 0 Å². The first-order chi connectivity index (χ1) is 18.1. The number of esters is 1. The van der Waals surface area contributed by atoms with Gasteiger partial charge < -0.3 is 24.6 Å². The summed E-state index contributed by atoms with van der Waals surface area (Å²) in [6, 6.07) is 0. The minimum atomic E-state index is -0.978. The van der Waals surface area contributed by atoms with Crippen molar-refractivity contribution < 1.29 is 33.7 Å². The molecule has 8 nitrogen and oxygen atoms in total. The molecule has 2 N–H and O–H groups in total. The minimum Gasteiger partial charge on any atom is -0.481 e. The molecule has 0 radical (unpaired) electrons. The van der Waals surface area contributed by atoms with Crippen molar-refractivity contribution >= 4 is 17.8 Å². The summed E-state index contributed by atoms with van der Waals surface area (Å²) in [5.41, 5.74) is 0. The lowest BCUT2D eigenvalue weighted by Crippen LogP contribution is -2.25. The SMILES string of the molecule is CCCCCCCCCCCCCCCCCC(=O)OCCOCCOCCCNC(=O)CCC(=O)O. The zero-order valence-corrected chi connectivity index (χ0v) is 23.6. The summed E-state index contributed by atoms with van der Waals surface area (Å²) < 4.78 is 16.0. The Hall–Kier alpha value is -1.67. The van der Waals surface area contributed by atoms with Gasteiger partial charge in [-0.15, -0.1) is 0 Å². The number of rotatable bonds is 29. The van der Waals surface area contributed by atoms with Gasteiger partial charge in [-0.05, 0) is 12.8 Å². The van der Waals surface area contributed by atoms with Gasteiger partial charge in [0.2, 0.25) is 5.91 Å². The van der Waals surface area contributed by atoms with Gasteiger partial charge in [0.1, 0.15) is 6.61 Å². The molecule has 0 aliphatic carbocycles. The number of carbonyl (C=O) groups is 3. The van der Waals surface area contributed by atoms with Gasteiger partial charge in [0, 0.05) is 26.0 Å². The Morgan fingerprint density at radius 3 is 1.59 bits per heavy atom. The third-order valence-corrected chi connectivity index (χ3v) is 6.20. The van der Waals surface area contributed by atoms with Crippen LogP contribution in [-0.4, -0.2) is 62.5 Å². The van der Waals surface area contributed by atoms with Gasteiger partial charge in [-0.25, -0.2) is 0 Å². The van der Waals surface area contributed by atoms with E-state index in [0.717, 1.165) is 12.8 Å². The van der Waals surface area contributed by atoms with Crippen molar-refractivity contribution in [2.24, 2.45) is 0 Å². The molecule has 0 fully saturated rings. The van der Waals surface area contributed by atoms with Crippen LogP contribution in [0.1, 0.15) is 129 Å². The van der Waals surface area contributed by atoms with Crippen LogP contribution in [0.5, 0.6) is 0 Å². The Kier molecular flexibility index (Phi) is 27.6. The fourth-order valence-corrected chi connectivity index (χ4v) is 3.96. The topological polar surface area (TPSA) is 111 Å². The van der Waals surface area contributed by atoms with E-state index in [0.29, 0.717) is 45.8 Å². The molecule has 0 aliphatic heterocycles. The summed E-state index contributed by atoms with van der Waals surface area (Å²) in [6.45, 7) is 4.67. The molecule has 0 aromatic rings. The second kappa shape index (κ2) is 28.9. The third-order valence-electron chi connectivity index (χ3n) is 6.20. The van der Waals surface area contributed by atoms with Crippen LogP contribution < -0.4 is 5.32 Å². The van der Waals surface area contributed by atoms with Gasteiger partial charge in [0.15, 0.2) is 0 Å². The van der Waals surface area contributed by atoms with Crippen LogP contribution in [0, 0.1) is 0 Å². The molecule has 0 bridgehead atoms. The van der Waals surface area contributed by atoms with E-state index in [9.17, 15) is 14.4 Å². The highest BCUT2D eigenvalue weighted by atomic mass is 16.6. The number of carbonyl (C=O) groups excluding carboxylic acids is 2. The first-order valence-electron chi connectivity index (χ1n) is 14.9. The maximum absolute atomic E-state index is 11.8. The van der Waals surface area contributed by atoms with Crippen LogP contribution in [0.2, 0.25) is 0 Å². The quantitative estimate of drug-likeness (QED) is 0.0877. The summed E-state index contributed by atoms with van der Waals surface area (Å²) in [7, 11) is 0. The van der Waals surface area contributed by atoms with Crippen LogP contribution in [0.15, 0.2) is 0 Å². The van der Waals surface area contributed by atoms with Crippen LogP contribution >= 0.6 is 0 Å². The molecule has 0 heterocycles. The summed E-state index contributed by atoms with van der Waals surface area (Å²) in [6.07, 6.45) is 20.6. The average Bonchev–Trinajstić information content (AvgIpc) is 2.88. The normalized spacial score (nSPS) is 10.9. The molecular weight excluding hydrogens is 474 g/mol. The zero-order chi connectivity index (χ0) is 27.2. The molecule has 0 saturated carbocycles. The number of hydrogen-bond acceptors (Lipinski definition) is 6. The fraction of sp³-hybridized carbons (Fsp3) is 0.897. The zero-order valence-electron chi connectivity index (χ0n) is 23.6. The standard InChI is InChI=1S/C29H55NO7/c1-2-3-4-5-6-7-8-9-10-11-12-13-14-15-16-18-29(34)37-26-25-36-24-23-35-22-17-21-30-27(31)19-20-28(32)33/h2-26H2,1H3,(H,30,31)(H,32,33). The van der Waals surface area contributed by atoms with Crippen molar-refractivity contribution in [3.8, 4) is 0 Å². The lowest BCUT2D eigenvalue weighted by atomic mass is 10.0. The van der Waals surface area contributed by atoms with Crippen LogP contribution in [0.4, 0.5) is 0 Å². The summed E-state index contributed by atoms with van der Waals surface area (Å²) >= 11 is 0. The van der Waals surface area contributed by atoms with E-state index in [1.54, 1.807) is 0 Å². The van der Waals surface area contributed by atoms with Crippen molar-refractivity contribution in [2.45, 2.75) is 129 Å². The molecule has 0 spiro atoms. The average molecular weight is 530 g/mol. The van der Waals surface area contributed by atoms with Crippen molar-refractivity contribution in [1.82, 2.24) is 5.32 Å². The van der Waals surface area contributed by atoms with Crippen molar-refractivity contribution in [1.29, 1.82) is 0 Å². The number of carboxylic acid groups (broad SMARTS) is 1. The molecule has 8 heteroatoms. The maximum Gasteiger partial charge on any atom is 0.305 e. The summed E-state index contributed by atoms with van der Waals surface area (Å²) in [5, 5.41) is 11.2. The van der Waals surface area contributed by atoms with E-state index in [1.165, 1.54) is 83.5 Å². The van der Waals surface area contributed by atoms with Crippen LogP contribution in [0.25, 0.3) is 0 Å². The molecule has 37 heavy (non-hydrogen) atoms. The Balaban J connectivity index is 3.21. The molecule has 0 unspecified atom stereocenters. The Morgan fingerprint density at radius 1 is 0.568 bits per heavy atom. The number of hydrogen-bond donors (Lipinski definition) is 2. The second-order valence-corrected chi connectivity index (χ2v) is 9.74. The molecule has 0 aromatic carbocycles. The number of aliphatic carboxylic acids is 1. The van der Waals surface area contributed by atoms with Crippen molar-refractivity contribution in [3.63, 3.8) is 0 Å². The number of nitrogens with one attached hydrogen (secondary N) is 1. The van der Waals surface area contributed by atoms with Gasteiger partial charge in [0.25, 0.3) is 0 Å². The summed E-state index contributed by atoms with van der Waals surface area (Å²) in [4.78, 5) is 33.5. The summed E-state index contributed by atoms with van der Waals surface area (Å²) in [5.74, 6) is -1.40. The highest BCUT2D eigenvalue weighted by molar-refractivity contribution is 5.80. The molecule has 0 aromatic heterocycles. The predicted molar refractivity (Wildman–Crippen MR) is 147 cm³/mol. The van der Waals surface area contributed by atoms with Crippen LogP contribution in [-0.2, 0) is 28.6 Å². The highest BCUT2D eigenvalue weighted by Gasteiger charge is 2.04. The second-order valence-electron chi connectivity index (χ2n) is 9.74. The van der Waals surface area contributed by atoms with Crippen LogP contribution in [0.3, 0.4) is 0 Å². The Bertz CT molecular complexity index is 542. The van der Waals surface area contributed by atoms with Gasteiger partial charge in [0.05, 0.1) is 26.2 Å². The minimum absolute atomic E-state index is 0.00587. The molecule has 1 amide bonds. The van der Waals surface area contributed by atoms with Gasteiger partial charge in [-0.3, -0.25) is 14.4 Å². The van der Waals surface area contributed by atoms with E-state index < -0.39 is 5.97 Å². The fourth-order valence-electron chi connectivity index (χ4n) is 3.96. The van der Waals surface area contributed by atoms with E-state index >= 15 is 0 Å². The van der Waals surface area contributed by atoms with E-state index in [1.807, 2.05) is 0 Å². The highest BCUT2D eigenvalue weighted by Crippen LogP contribution is 2.13. The number of unbranched alkanes of at least 4 members (excludes halogenated alkanes) is 14. The van der Waals surface area contributed by atoms with Gasteiger partial charge in [-0.1, -0.05) is 96.8 Å². The molecule has 0 saturated heterocycles. The van der Waals surface area contributed by atoms with E-state index in [2.05, 4.69) is 12.2 Å². The molecule has 0 atom stereocenters. The maximum atomic E-state index is 11.8. The predicted octanol–water partition coefficient (Wildman–Crippen LogP) is 6.20. The van der Waals surface area contributed by atoms with Gasteiger partial charge in [-0.2, -0.15) is 0 Å². The molecule has 218 valence electrons. The largest absolute Gasteiger partial charge is 0.481 e. The monoisotopic (exact) mass is 529 g/mol. The smallest absolute Gasteiger partial charge is 0.305 e. The van der Waals surface area contributed by atoms with E-state index in [4.69, 9.17) is 19.3 Å². The first kappa shape index (κ1) is 35.3. The van der Waals surface area contributed by atoms with Gasteiger partial charge >= 0.3 is 11.9 Å². The number of amides is 1. The number of ether oxygens (including phenoxy) is 3. The Morgan fingerprint density at radius 2 is 1.05 bits per heavy atom. The third kappa shape index (κ3) is 30.4. The Labute approximate surface area is 225 Å². The lowest BCUT2D eigenvalue weighted by molar-refractivity contribution is -0.145. The first-order valence-corrected chi connectivity index (χ1v) is 14.9. The molecule has 0 aliphatic rings. The number of carboxylic acids is 1. The van der Waals surface area contributed by atoms with E-state index in [-0.39, 0.29) is 31.3 Å². The lowest BCUT2D eigenvalue weighted by Gasteiger charge is -2.08. The molecular formula is C29H55NO7. The molecule has 0 rings (SSSR count). The van der Waals surface area contributed by atoms with Crippen molar-refractivity contribution in [2.75, 3.05) is 39.6 Å².